The number of likely N-dealkylation sites (tertiary alicyclic amines) is 1. The topological polar surface area (TPSA) is 61.9 Å². The molecule has 0 unspecified atom stereocenters. The highest BCUT2D eigenvalue weighted by Crippen LogP contribution is 2.29. The van der Waals surface area contributed by atoms with Gasteiger partial charge in [-0.15, -0.1) is 11.3 Å². The summed E-state index contributed by atoms with van der Waals surface area (Å²) >= 11 is 1.53. The molecule has 1 saturated heterocycles. The van der Waals surface area contributed by atoms with Crippen molar-refractivity contribution in [3.63, 3.8) is 0 Å². The summed E-state index contributed by atoms with van der Waals surface area (Å²) < 4.78 is 1.07. The molecule has 112 valence electrons. The van der Waals surface area contributed by atoms with E-state index in [1.54, 1.807) is 12.4 Å². The van der Waals surface area contributed by atoms with E-state index in [-0.39, 0.29) is 5.91 Å². The van der Waals surface area contributed by atoms with Gasteiger partial charge in [-0.3, -0.25) is 9.78 Å². The normalized spacial score (nSPS) is 16.3. The van der Waals surface area contributed by atoms with Crippen LogP contribution in [0.25, 0.3) is 10.1 Å². The van der Waals surface area contributed by atoms with E-state index in [4.69, 9.17) is 0 Å². The lowest BCUT2D eigenvalue weighted by molar-refractivity contribution is 0.0716. The van der Waals surface area contributed by atoms with Crippen molar-refractivity contribution in [2.24, 2.45) is 0 Å². The highest BCUT2D eigenvalue weighted by atomic mass is 32.1. The smallest absolute Gasteiger partial charge is 0.263 e. The molecule has 1 aliphatic rings. The van der Waals surface area contributed by atoms with E-state index in [0.717, 1.165) is 46.7 Å². The molecule has 1 fully saturated rings. The number of hydrogen-bond acceptors (Lipinski definition) is 4. The van der Waals surface area contributed by atoms with Gasteiger partial charge >= 0.3 is 0 Å². The van der Waals surface area contributed by atoms with Crippen LogP contribution in [0, 0.1) is 0 Å². The zero-order valence-corrected chi connectivity index (χ0v) is 12.8. The van der Waals surface area contributed by atoms with Crippen LogP contribution < -0.4 is 0 Å². The maximum atomic E-state index is 12.7. The number of H-pyrrole nitrogens is 1. The summed E-state index contributed by atoms with van der Waals surface area (Å²) in [5, 5.41) is 1.09. The van der Waals surface area contributed by atoms with Crippen LogP contribution in [-0.4, -0.2) is 38.8 Å². The monoisotopic (exact) mass is 312 g/mol. The van der Waals surface area contributed by atoms with E-state index in [9.17, 15) is 4.79 Å². The SMILES string of the molecule is O=C(c1cc2ccncc2s1)N1CCC(c2ncc[nH]2)CC1. The number of fused-ring (bicyclic) bond motifs is 1. The second-order valence-corrected chi connectivity index (χ2v) is 6.65. The number of rotatable bonds is 2. The molecule has 4 rings (SSSR count). The van der Waals surface area contributed by atoms with E-state index in [0.29, 0.717) is 5.92 Å². The lowest BCUT2D eigenvalue weighted by Gasteiger charge is -2.30. The first kappa shape index (κ1) is 13.5. The maximum absolute atomic E-state index is 12.7. The van der Waals surface area contributed by atoms with Gasteiger partial charge in [0.05, 0.1) is 9.58 Å². The Labute approximate surface area is 132 Å². The first-order valence-electron chi connectivity index (χ1n) is 7.43. The Morgan fingerprint density at radius 3 is 2.91 bits per heavy atom. The minimum Gasteiger partial charge on any atom is -0.348 e. The first-order chi connectivity index (χ1) is 10.8. The van der Waals surface area contributed by atoms with Gasteiger partial charge in [0.15, 0.2) is 0 Å². The fourth-order valence-electron chi connectivity index (χ4n) is 3.00. The van der Waals surface area contributed by atoms with Gasteiger partial charge in [0.2, 0.25) is 0 Å². The van der Waals surface area contributed by atoms with E-state index >= 15 is 0 Å². The summed E-state index contributed by atoms with van der Waals surface area (Å²) in [7, 11) is 0. The summed E-state index contributed by atoms with van der Waals surface area (Å²) in [6.45, 7) is 1.58. The van der Waals surface area contributed by atoms with Gasteiger partial charge in [-0.1, -0.05) is 0 Å². The Kier molecular flexibility index (Phi) is 3.38. The van der Waals surface area contributed by atoms with Crippen LogP contribution in [0.15, 0.2) is 36.9 Å². The molecule has 0 atom stereocenters. The average molecular weight is 312 g/mol. The largest absolute Gasteiger partial charge is 0.348 e. The molecule has 0 spiro atoms. The Hall–Kier alpha value is -2.21. The Morgan fingerprint density at radius 2 is 2.18 bits per heavy atom. The number of thiophene rings is 1. The van der Waals surface area contributed by atoms with Gasteiger partial charge in [0.1, 0.15) is 5.82 Å². The number of nitrogens with one attached hydrogen (secondary N) is 1. The summed E-state index contributed by atoms with van der Waals surface area (Å²) in [6.07, 6.45) is 9.16. The van der Waals surface area contributed by atoms with E-state index < -0.39 is 0 Å². The van der Waals surface area contributed by atoms with Crippen LogP contribution in [0.3, 0.4) is 0 Å². The molecule has 0 bridgehead atoms. The fourth-order valence-corrected chi connectivity index (χ4v) is 4.00. The van der Waals surface area contributed by atoms with Gasteiger partial charge in [0, 0.05) is 43.8 Å². The van der Waals surface area contributed by atoms with Crippen molar-refractivity contribution in [1.29, 1.82) is 0 Å². The molecular weight excluding hydrogens is 296 g/mol. The summed E-state index contributed by atoms with van der Waals surface area (Å²) in [4.78, 5) is 27.0. The molecule has 0 radical (unpaired) electrons. The molecule has 6 heteroatoms. The minimum absolute atomic E-state index is 0.138. The Bertz CT molecular complexity index is 754. The zero-order valence-electron chi connectivity index (χ0n) is 12.0. The highest BCUT2D eigenvalue weighted by molar-refractivity contribution is 7.20. The van der Waals surface area contributed by atoms with Crippen molar-refractivity contribution in [3.05, 3.63) is 47.6 Å². The second kappa shape index (κ2) is 5.53. The average Bonchev–Trinajstić information content (AvgIpc) is 3.23. The number of imidazole rings is 1. The molecule has 3 aromatic rings. The number of carbonyl (C=O) groups excluding carboxylic acids is 1. The molecule has 1 aliphatic heterocycles. The molecule has 5 nitrogen and oxygen atoms in total. The highest BCUT2D eigenvalue weighted by Gasteiger charge is 2.26. The molecular formula is C16H16N4OS. The van der Waals surface area contributed by atoms with Crippen LogP contribution in [0.2, 0.25) is 0 Å². The standard InChI is InChI=1S/C16H16N4OS/c21-16(13-9-12-1-4-17-10-14(12)22-13)20-7-2-11(3-8-20)15-18-5-6-19-15/h1,4-6,9-11H,2-3,7-8H2,(H,18,19). The number of amides is 1. The Morgan fingerprint density at radius 1 is 1.32 bits per heavy atom. The van der Waals surface area contributed by atoms with E-state index in [1.807, 2.05) is 29.4 Å². The fraction of sp³-hybridized carbons (Fsp3) is 0.312. The third kappa shape index (κ3) is 2.39. The van der Waals surface area contributed by atoms with E-state index in [2.05, 4.69) is 15.0 Å². The molecule has 4 heterocycles. The van der Waals surface area contributed by atoms with Crippen LogP contribution >= 0.6 is 11.3 Å². The van der Waals surface area contributed by atoms with Crippen molar-refractivity contribution >= 4 is 27.3 Å². The molecule has 1 amide bonds. The molecule has 0 saturated carbocycles. The number of carbonyl (C=O) groups is 1. The van der Waals surface area contributed by atoms with Crippen LogP contribution in [0.1, 0.15) is 34.3 Å². The van der Waals surface area contributed by atoms with E-state index in [1.165, 1.54) is 11.3 Å². The quantitative estimate of drug-likeness (QED) is 0.791. The maximum Gasteiger partial charge on any atom is 0.263 e. The van der Waals surface area contributed by atoms with Crippen LogP contribution in [0.4, 0.5) is 0 Å². The van der Waals surface area contributed by atoms with Crippen molar-refractivity contribution in [2.45, 2.75) is 18.8 Å². The number of aromatic nitrogens is 3. The van der Waals surface area contributed by atoms with Gasteiger partial charge in [-0.25, -0.2) is 4.98 Å². The molecule has 0 aliphatic carbocycles. The third-order valence-electron chi connectivity index (χ3n) is 4.22. The van der Waals surface area contributed by atoms with Crippen LogP contribution in [-0.2, 0) is 0 Å². The minimum atomic E-state index is 0.138. The van der Waals surface area contributed by atoms with Crippen molar-refractivity contribution in [2.75, 3.05) is 13.1 Å². The zero-order chi connectivity index (χ0) is 14.9. The summed E-state index contributed by atoms with van der Waals surface area (Å²) in [5.41, 5.74) is 0. The molecule has 3 aromatic heterocycles. The van der Waals surface area contributed by atoms with Gasteiger partial charge in [0.25, 0.3) is 5.91 Å². The predicted octanol–water partition coefficient (Wildman–Crippen LogP) is 3.04. The van der Waals surface area contributed by atoms with Gasteiger partial charge < -0.3 is 9.88 Å². The number of aromatic amines is 1. The summed E-state index contributed by atoms with van der Waals surface area (Å²) in [6, 6.07) is 3.92. The van der Waals surface area contributed by atoms with Crippen molar-refractivity contribution < 1.29 is 4.79 Å². The lowest BCUT2D eigenvalue weighted by atomic mass is 9.96. The Balaban J connectivity index is 1.47. The summed E-state index contributed by atoms with van der Waals surface area (Å²) in [5.74, 6) is 1.62. The molecule has 0 aromatic carbocycles. The van der Waals surface area contributed by atoms with Gasteiger partial charge in [-0.05, 0) is 30.4 Å². The molecule has 22 heavy (non-hydrogen) atoms. The number of piperidine rings is 1. The van der Waals surface area contributed by atoms with Gasteiger partial charge in [-0.2, -0.15) is 0 Å². The van der Waals surface area contributed by atoms with Crippen molar-refractivity contribution in [1.82, 2.24) is 19.9 Å². The third-order valence-corrected chi connectivity index (χ3v) is 5.30. The second-order valence-electron chi connectivity index (χ2n) is 5.57. The van der Waals surface area contributed by atoms with Crippen LogP contribution in [0.5, 0.6) is 0 Å². The number of hydrogen-bond donors (Lipinski definition) is 1. The number of pyridine rings is 1. The lowest BCUT2D eigenvalue weighted by Crippen LogP contribution is -2.37. The first-order valence-corrected chi connectivity index (χ1v) is 8.25. The number of nitrogens with zero attached hydrogens (tertiary/aromatic N) is 3. The van der Waals surface area contributed by atoms with Crippen molar-refractivity contribution in [3.8, 4) is 0 Å². The predicted molar refractivity (Wildman–Crippen MR) is 86.1 cm³/mol. The molecule has 1 N–H and O–H groups in total.